The summed E-state index contributed by atoms with van der Waals surface area (Å²) < 4.78 is 5.37. The maximum absolute atomic E-state index is 12.3. The molecule has 1 fully saturated rings. The van der Waals surface area contributed by atoms with E-state index in [2.05, 4.69) is 29.7 Å². The largest absolute Gasteiger partial charge is 0.379 e. The molecule has 1 aliphatic rings. The first-order chi connectivity index (χ1) is 9.13. The molecule has 19 heavy (non-hydrogen) atoms. The van der Waals surface area contributed by atoms with Gasteiger partial charge in [0, 0.05) is 6.04 Å². The molecule has 4 nitrogen and oxygen atoms in total. The highest BCUT2D eigenvalue weighted by Crippen LogP contribution is 2.19. The van der Waals surface area contributed by atoms with Crippen molar-refractivity contribution in [1.29, 1.82) is 0 Å². The quantitative estimate of drug-likeness (QED) is 0.862. The molecule has 3 atom stereocenters. The third-order valence-electron chi connectivity index (χ3n) is 3.80. The lowest BCUT2D eigenvalue weighted by Crippen LogP contribution is -2.43. The molecule has 0 aliphatic carbocycles. The number of amides is 1. The molecule has 1 aromatic rings. The molecule has 104 valence electrons. The van der Waals surface area contributed by atoms with Crippen LogP contribution >= 0.6 is 0 Å². The van der Waals surface area contributed by atoms with Crippen LogP contribution in [0, 0.1) is 12.8 Å². The Morgan fingerprint density at radius 1 is 1.37 bits per heavy atom. The molecule has 1 heterocycles. The van der Waals surface area contributed by atoms with Crippen LogP contribution in [0.25, 0.3) is 0 Å². The first-order valence-electron chi connectivity index (χ1n) is 6.74. The first-order valence-corrected chi connectivity index (χ1v) is 6.74. The van der Waals surface area contributed by atoms with Gasteiger partial charge in [-0.25, -0.2) is 0 Å². The molecule has 2 rings (SSSR count). The molecule has 0 aromatic heterocycles. The van der Waals surface area contributed by atoms with E-state index in [4.69, 9.17) is 4.74 Å². The highest BCUT2D eigenvalue weighted by molar-refractivity contribution is 5.80. The van der Waals surface area contributed by atoms with Gasteiger partial charge in [-0.1, -0.05) is 24.3 Å². The molecule has 0 spiro atoms. The number of aryl methyl sites for hydroxylation is 1. The highest BCUT2D eigenvalue weighted by Gasteiger charge is 2.33. The van der Waals surface area contributed by atoms with Crippen LogP contribution in [0.15, 0.2) is 24.3 Å². The average Bonchev–Trinajstić information content (AvgIpc) is 2.87. The number of likely N-dealkylation sites (N-methyl/N-ethyl adjacent to an activating group) is 1. The predicted octanol–water partition coefficient (Wildman–Crippen LogP) is 1.41. The topological polar surface area (TPSA) is 50.4 Å². The van der Waals surface area contributed by atoms with Gasteiger partial charge in [0.15, 0.2) is 0 Å². The van der Waals surface area contributed by atoms with Crippen LogP contribution in [-0.2, 0) is 9.53 Å². The lowest BCUT2D eigenvalue weighted by molar-refractivity contribution is -0.126. The van der Waals surface area contributed by atoms with E-state index in [1.807, 2.05) is 26.1 Å². The van der Waals surface area contributed by atoms with E-state index in [9.17, 15) is 4.79 Å². The number of nitrogens with one attached hydrogen (secondary N) is 2. The zero-order valence-electron chi connectivity index (χ0n) is 11.8. The molecule has 0 bridgehead atoms. The van der Waals surface area contributed by atoms with Crippen LogP contribution in [0.1, 0.15) is 24.1 Å². The van der Waals surface area contributed by atoms with E-state index in [1.54, 1.807) is 0 Å². The normalized spacial score (nSPS) is 24.2. The summed E-state index contributed by atoms with van der Waals surface area (Å²) in [6.07, 6.45) is 0. The summed E-state index contributed by atoms with van der Waals surface area (Å²) in [5.41, 5.74) is 2.36. The van der Waals surface area contributed by atoms with E-state index < -0.39 is 0 Å². The fourth-order valence-corrected chi connectivity index (χ4v) is 2.57. The Balaban J connectivity index is 2.01. The number of carbonyl (C=O) groups excluding carboxylic acids is 1. The fourth-order valence-electron chi connectivity index (χ4n) is 2.57. The maximum Gasteiger partial charge on any atom is 0.227 e. The van der Waals surface area contributed by atoms with Gasteiger partial charge in [-0.3, -0.25) is 4.79 Å². The van der Waals surface area contributed by atoms with Crippen LogP contribution in [-0.4, -0.2) is 32.2 Å². The summed E-state index contributed by atoms with van der Waals surface area (Å²) in [5, 5.41) is 6.22. The van der Waals surface area contributed by atoms with Crippen LogP contribution in [0.4, 0.5) is 0 Å². The zero-order valence-corrected chi connectivity index (χ0v) is 11.8. The van der Waals surface area contributed by atoms with Crippen LogP contribution in [0.2, 0.25) is 0 Å². The van der Waals surface area contributed by atoms with Crippen molar-refractivity contribution in [2.45, 2.75) is 25.9 Å². The second kappa shape index (κ2) is 6.17. The van der Waals surface area contributed by atoms with E-state index >= 15 is 0 Å². The monoisotopic (exact) mass is 262 g/mol. The summed E-state index contributed by atoms with van der Waals surface area (Å²) in [6, 6.07) is 8.26. The molecule has 2 N–H and O–H groups in total. The van der Waals surface area contributed by atoms with E-state index in [1.165, 1.54) is 5.56 Å². The predicted molar refractivity (Wildman–Crippen MR) is 74.9 cm³/mol. The lowest BCUT2D eigenvalue weighted by atomic mass is 9.99. The summed E-state index contributed by atoms with van der Waals surface area (Å²) in [7, 11) is 1.87. The van der Waals surface area contributed by atoms with Crippen molar-refractivity contribution in [2.24, 2.45) is 5.92 Å². The molecule has 1 aromatic carbocycles. The van der Waals surface area contributed by atoms with Gasteiger partial charge in [-0.05, 0) is 32.0 Å². The molecule has 1 aliphatic heterocycles. The number of rotatable bonds is 4. The Labute approximate surface area is 114 Å². The van der Waals surface area contributed by atoms with Gasteiger partial charge in [-0.2, -0.15) is 0 Å². The Morgan fingerprint density at radius 3 is 2.79 bits per heavy atom. The number of hydrogen-bond donors (Lipinski definition) is 2. The van der Waals surface area contributed by atoms with Crippen molar-refractivity contribution in [3.63, 3.8) is 0 Å². The number of benzene rings is 1. The molecule has 1 saturated heterocycles. The van der Waals surface area contributed by atoms with Gasteiger partial charge < -0.3 is 15.4 Å². The van der Waals surface area contributed by atoms with Crippen molar-refractivity contribution in [3.05, 3.63) is 35.4 Å². The van der Waals surface area contributed by atoms with Crippen molar-refractivity contribution < 1.29 is 9.53 Å². The molecular formula is C15H22N2O2. The molecule has 4 heteroatoms. The smallest absolute Gasteiger partial charge is 0.227 e. The van der Waals surface area contributed by atoms with Crippen molar-refractivity contribution in [2.75, 3.05) is 20.3 Å². The molecule has 0 radical (unpaired) electrons. The summed E-state index contributed by atoms with van der Waals surface area (Å²) in [4.78, 5) is 12.3. The number of hydrogen-bond acceptors (Lipinski definition) is 3. The van der Waals surface area contributed by atoms with Crippen molar-refractivity contribution in [3.8, 4) is 0 Å². The second-order valence-electron chi connectivity index (χ2n) is 5.13. The Morgan fingerprint density at radius 2 is 2.11 bits per heavy atom. The standard InChI is InChI=1S/C15H22N2O2/c1-10-6-4-5-7-12(10)11(2)17-15(18)13-8-19-9-14(13)16-3/h4-7,11,13-14,16H,8-9H2,1-3H3,(H,17,18)/t11-,13?,14?/m1/s1. The average molecular weight is 262 g/mol. The Hall–Kier alpha value is -1.39. The van der Waals surface area contributed by atoms with Gasteiger partial charge >= 0.3 is 0 Å². The van der Waals surface area contributed by atoms with Crippen LogP contribution < -0.4 is 10.6 Å². The van der Waals surface area contributed by atoms with Crippen LogP contribution in [0.3, 0.4) is 0 Å². The molecular weight excluding hydrogens is 240 g/mol. The minimum absolute atomic E-state index is 0.0202. The van der Waals surface area contributed by atoms with Gasteiger partial charge in [-0.15, -0.1) is 0 Å². The van der Waals surface area contributed by atoms with Crippen molar-refractivity contribution in [1.82, 2.24) is 10.6 Å². The minimum Gasteiger partial charge on any atom is -0.379 e. The third-order valence-corrected chi connectivity index (χ3v) is 3.80. The summed E-state index contributed by atoms with van der Waals surface area (Å²) in [5.74, 6) is -0.0379. The summed E-state index contributed by atoms with van der Waals surface area (Å²) >= 11 is 0. The van der Waals surface area contributed by atoms with E-state index in [0.29, 0.717) is 13.2 Å². The van der Waals surface area contributed by atoms with Crippen molar-refractivity contribution >= 4 is 5.91 Å². The van der Waals surface area contributed by atoms with Gasteiger partial charge in [0.25, 0.3) is 0 Å². The second-order valence-corrected chi connectivity index (χ2v) is 5.13. The Kier molecular flexibility index (Phi) is 4.56. The third kappa shape index (κ3) is 3.14. The zero-order chi connectivity index (χ0) is 13.8. The number of ether oxygens (including phenoxy) is 1. The van der Waals surface area contributed by atoms with Gasteiger partial charge in [0.2, 0.25) is 5.91 Å². The highest BCUT2D eigenvalue weighted by atomic mass is 16.5. The van der Waals surface area contributed by atoms with Gasteiger partial charge in [0.1, 0.15) is 0 Å². The van der Waals surface area contributed by atoms with Crippen LogP contribution in [0.5, 0.6) is 0 Å². The molecule has 2 unspecified atom stereocenters. The SMILES string of the molecule is CNC1COCC1C(=O)N[C@H](C)c1ccccc1C. The summed E-state index contributed by atoms with van der Waals surface area (Å²) in [6.45, 7) is 5.18. The minimum atomic E-state index is -0.100. The number of carbonyl (C=O) groups is 1. The van der Waals surface area contributed by atoms with E-state index in [-0.39, 0.29) is 23.9 Å². The first kappa shape index (κ1) is 14.0. The Bertz CT molecular complexity index is 448. The van der Waals surface area contributed by atoms with E-state index in [0.717, 1.165) is 5.56 Å². The molecule has 1 amide bonds. The maximum atomic E-state index is 12.3. The fraction of sp³-hybridized carbons (Fsp3) is 0.533. The molecule has 0 saturated carbocycles. The lowest BCUT2D eigenvalue weighted by Gasteiger charge is -2.21. The van der Waals surface area contributed by atoms with Gasteiger partial charge in [0.05, 0.1) is 25.2 Å².